The highest BCUT2D eigenvalue weighted by Crippen LogP contribution is 2.32. The molecule has 0 saturated heterocycles. The van der Waals surface area contributed by atoms with Crippen molar-refractivity contribution >= 4 is 5.78 Å². The minimum absolute atomic E-state index is 0.169. The van der Waals surface area contributed by atoms with Crippen LogP contribution in [0.5, 0.6) is 0 Å². The molecule has 94 valence electrons. The minimum atomic E-state index is 0.169. The summed E-state index contributed by atoms with van der Waals surface area (Å²) in [6.45, 7) is 5.86. The number of hydrogen-bond acceptors (Lipinski definition) is 2. The van der Waals surface area contributed by atoms with Gasteiger partial charge in [0.2, 0.25) is 0 Å². The lowest BCUT2D eigenvalue weighted by atomic mass is 10.1. The fourth-order valence-corrected chi connectivity index (χ4v) is 2.97. The molecule has 1 aliphatic carbocycles. The van der Waals surface area contributed by atoms with Crippen LogP contribution in [0.3, 0.4) is 0 Å². The third-order valence-electron chi connectivity index (χ3n) is 3.77. The summed E-state index contributed by atoms with van der Waals surface area (Å²) in [5.74, 6) is 0.169. The summed E-state index contributed by atoms with van der Waals surface area (Å²) in [6.07, 6.45) is 6.78. The predicted molar refractivity (Wildman–Crippen MR) is 68.5 cm³/mol. The number of carbonyl (C=O) groups is 1. The number of hydrogen-bond donors (Lipinski definition) is 0. The lowest BCUT2D eigenvalue weighted by Crippen LogP contribution is -2.11. The van der Waals surface area contributed by atoms with Crippen molar-refractivity contribution in [3.05, 3.63) is 17.0 Å². The summed E-state index contributed by atoms with van der Waals surface area (Å²) in [5, 5.41) is 4.70. The largest absolute Gasteiger partial charge is 0.294 e. The van der Waals surface area contributed by atoms with Crippen molar-refractivity contribution < 1.29 is 4.79 Å². The molecule has 0 bridgehead atoms. The molecule has 3 heteroatoms. The average molecular weight is 234 g/mol. The van der Waals surface area contributed by atoms with Crippen LogP contribution in [-0.2, 0) is 12.8 Å². The molecular weight excluding hydrogens is 212 g/mol. The molecule has 3 nitrogen and oxygen atoms in total. The Morgan fingerprint density at radius 1 is 1.29 bits per heavy atom. The van der Waals surface area contributed by atoms with Gasteiger partial charge >= 0.3 is 0 Å². The van der Waals surface area contributed by atoms with Crippen LogP contribution in [0, 0.1) is 0 Å². The van der Waals surface area contributed by atoms with Crippen molar-refractivity contribution in [1.29, 1.82) is 0 Å². The van der Waals surface area contributed by atoms with E-state index in [0.29, 0.717) is 6.04 Å². The Balaban J connectivity index is 2.47. The summed E-state index contributed by atoms with van der Waals surface area (Å²) in [4.78, 5) is 11.8. The van der Waals surface area contributed by atoms with Gasteiger partial charge in [-0.25, -0.2) is 0 Å². The molecule has 0 radical (unpaired) electrons. The fraction of sp³-hybridized carbons (Fsp3) is 0.714. The summed E-state index contributed by atoms with van der Waals surface area (Å²) < 4.78 is 2.16. The van der Waals surface area contributed by atoms with Gasteiger partial charge in [-0.1, -0.05) is 26.7 Å². The van der Waals surface area contributed by atoms with Crippen molar-refractivity contribution in [3.63, 3.8) is 0 Å². The second-order valence-corrected chi connectivity index (χ2v) is 4.91. The molecule has 0 unspecified atom stereocenters. The summed E-state index contributed by atoms with van der Waals surface area (Å²) in [7, 11) is 0. The molecule has 1 aliphatic rings. The minimum Gasteiger partial charge on any atom is -0.294 e. The maximum Gasteiger partial charge on any atom is 0.163 e. The van der Waals surface area contributed by atoms with E-state index in [-0.39, 0.29) is 5.78 Å². The second kappa shape index (κ2) is 5.03. The fourth-order valence-electron chi connectivity index (χ4n) is 2.97. The highest BCUT2D eigenvalue weighted by Gasteiger charge is 2.25. The lowest BCUT2D eigenvalue weighted by molar-refractivity contribution is 0.101. The molecule has 0 amide bonds. The first-order valence-electron chi connectivity index (χ1n) is 6.80. The zero-order valence-corrected chi connectivity index (χ0v) is 11.1. The van der Waals surface area contributed by atoms with E-state index in [0.717, 1.165) is 29.8 Å². The molecule has 0 N–H and O–H groups in total. The number of ketones is 1. The van der Waals surface area contributed by atoms with E-state index in [1.807, 2.05) is 0 Å². The number of carbonyl (C=O) groups excluding carboxylic acids is 1. The lowest BCUT2D eigenvalue weighted by Gasteiger charge is -2.13. The third-order valence-corrected chi connectivity index (χ3v) is 3.77. The Labute approximate surface area is 103 Å². The molecular formula is C14H22N2O. The van der Waals surface area contributed by atoms with Crippen LogP contribution in [-0.4, -0.2) is 15.6 Å². The van der Waals surface area contributed by atoms with E-state index in [1.165, 1.54) is 25.7 Å². The smallest absolute Gasteiger partial charge is 0.163 e. The Morgan fingerprint density at radius 3 is 2.41 bits per heavy atom. The molecule has 0 aromatic carbocycles. The second-order valence-electron chi connectivity index (χ2n) is 4.91. The van der Waals surface area contributed by atoms with E-state index in [9.17, 15) is 4.79 Å². The Hall–Kier alpha value is -1.12. The van der Waals surface area contributed by atoms with E-state index in [1.54, 1.807) is 6.92 Å². The van der Waals surface area contributed by atoms with Crippen molar-refractivity contribution in [3.8, 4) is 0 Å². The summed E-state index contributed by atoms with van der Waals surface area (Å²) >= 11 is 0. The maximum absolute atomic E-state index is 11.8. The first-order chi connectivity index (χ1) is 8.19. The monoisotopic (exact) mass is 234 g/mol. The van der Waals surface area contributed by atoms with Gasteiger partial charge in [-0.05, 0) is 32.6 Å². The maximum atomic E-state index is 11.8. The molecule has 1 saturated carbocycles. The summed E-state index contributed by atoms with van der Waals surface area (Å²) in [6, 6.07) is 0.531. The highest BCUT2D eigenvalue weighted by atomic mass is 16.1. The number of Topliss-reactive ketones (excluding diaryl/α,β-unsaturated/α-hetero) is 1. The zero-order chi connectivity index (χ0) is 12.4. The topological polar surface area (TPSA) is 34.9 Å². The Kier molecular flexibility index (Phi) is 3.65. The van der Waals surface area contributed by atoms with Gasteiger partial charge in [-0.15, -0.1) is 0 Å². The van der Waals surface area contributed by atoms with Crippen molar-refractivity contribution in [2.24, 2.45) is 0 Å². The molecule has 0 aliphatic heterocycles. The van der Waals surface area contributed by atoms with Gasteiger partial charge < -0.3 is 0 Å². The van der Waals surface area contributed by atoms with Gasteiger partial charge in [0.05, 0.1) is 17.3 Å². The van der Waals surface area contributed by atoms with E-state index >= 15 is 0 Å². The van der Waals surface area contributed by atoms with Gasteiger partial charge in [-0.2, -0.15) is 5.10 Å². The van der Waals surface area contributed by atoms with Gasteiger partial charge in [0.15, 0.2) is 5.78 Å². The molecule has 1 heterocycles. The van der Waals surface area contributed by atoms with Crippen molar-refractivity contribution in [1.82, 2.24) is 9.78 Å². The van der Waals surface area contributed by atoms with Crippen LogP contribution in [0.25, 0.3) is 0 Å². The van der Waals surface area contributed by atoms with Crippen LogP contribution in [0.2, 0.25) is 0 Å². The van der Waals surface area contributed by atoms with E-state index < -0.39 is 0 Å². The van der Waals surface area contributed by atoms with E-state index in [2.05, 4.69) is 18.5 Å². The van der Waals surface area contributed by atoms with Gasteiger partial charge in [0.1, 0.15) is 0 Å². The van der Waals surface area contributed by atoms with Crippen molar-refractivity contribution in [2.75, 3.05) is 0 Å². The number of aromatic nitrogens is 2. The molecule has 1 fully saturated rings. The van der Waals surface area contributed by atoms with Crippen molar-refractivity contribution in [2.45, 2.75) is 65.3 Å². The Morgan fingerprint density at radius 2 is 1.94 bits per heavy atom. The molecule has 0 spiro atoms. The number of nitrogens with zero attached hydrogens (tertiary/aromatic N) is 2. The third kappa shape index (κ3) is 2.15. The standard InChI is InChI=1S/C14H22N2O/c1-4-12-14(10(3)17)13(5-2)16(15-12)11-8-6-7-9-11/h11H,4-9H2,1-3H3. The number of rotatable bonds is 4. The molecule has 0 atom stereocenters. The predicted octanol–water partition coefficient (Wildman–Crippen LogP) is 3.33. The van der Waals surface area contributed by atoms with Gasteiger partial charge in [0, 0.05) is 5.69 Å². The number of aryl methyl sites for hydroxylation is 1. The first kappa shape index (κ1) is 12.3. The normalized spacial score (nSPS) is 16.6. The van der Waals surface area contributed by atoms with Gasteiger partial charge in [0.25, 0.3) is 0 Å². The van der Waals surface area contributed by atoms with Gasteiger partial charge in [-0.3, -0.25) is 9.48 Å². The van der Waals surface area contributed by atoms with Crippen LogP contribution < -0.4 is 0 Å². The molecule has 2 rings (SSSR count). The summed E-state index contributed by atoms with van der Waals surface area (Å²) in [5.41, 5.74) is 3.03. The molecule has 1 aromatic rings. The molecule has 1 aromatic heterocycles. The SMILES string of the molecule is CCc1nn(C2CCCC2)c(CC)c1C(C)=O. The highest BCUT2D eigenvalue weighted by molar-refractivity contribution is 5.96. The van der Waals surface area contributed by atoms with Crippen LogP contribution in [0.4, 0.5) is 0 Å². The Bertz CT molecular complexity index is 414. The quantitative estimate of drug-likeness (QED) is 0.749. The molecule has 17 heavy (non-hydrogen) atoms. The van der Waals surface area contributed by atoms with E-state index in [4.69, 9.17) is 5.10 Å². The van der Waals surface area contributed by atoms with Crippen LogP contribution in [0.15, 0.2) is 0 Å². The van der Waals surface area contributed by atoms with Crippen LogP contribution >= 0.6 is 0 Å². The average Bonchev–Trinajstić information content (AvgIpc) is 2.94. The first-order valence-corrected chi connectivity index (χ1v) is 6.80. The zero-order valence-electron chi connectivity index (χ0n) is 11.1. The van der Waals surface area contributed by atoms with Crippen LogP contribution in [0.1, 0.15) is 74.2 Å².